The van der Waals surface area contributed by atoms with E-state index in [9.17, 15) is 0 Å². The molecule has 0 aliphatic carbocycles. The minimum absolute atomic E-state index is 0.613. The van der Waals surface area contributed by atoms with Crippen LogP contribution in [0.15, 0.2) is 156 Å². The average molecular weight is 632 g/mol. The van der Waals surface area contributed by atoms with E-state index in [2.05, 4.69) is 78.9 Å². The van der Waals surface area contributed by atoms with Gasteiger partial charge in [0.1, 0.15) is 11.2 Å². The summed E-state index contributed by atoms with van der Waals surface area (Å²) in [4.78, 5) is 14.9. The Balaban J connectivity index is 1.15. The van der Waals surface area contributed by atoms with Crippen LogP contribution in [0.25, 0.3) is 98.2 Å². The lowest BCUT2D eigenvalue weighted by Gasteiger charge is -2.09. The highest BCUT2D eigenvalue weighted by Gasteiger charge is 2.19. The molecule has 7 aromatic carbocycles. The molecule has 0 amide bonds. The maximum Gasteiger partial charge on any atom is 0.164 e. The zero-order valence-electron chi connectivity index (χ0n) is 25.6. The Labute approximate surface area is 279 Å². The van der Waals surface area contributed by atoms with Crippen LogP contribution in [0.4, 0.5) is 0 Å². The monoisotopic (exact) mass is 631 g/mol. The minimum atomic E-state index is 0.613. The lowest BCUT2D eigenvalue weighted by Crippen LogP contribution is -2.00. The number of thiophene rings is 1. The summed E-state index contributed by atoms with van der Waals surface area (Å²) in [5.41, 5.74) is 6.76. The Morgan fingerprint density at radius 1 is 0.417 bits per heavy atom. The van der Waals surface area contributed by atoms with Crippen molar-refractivity contribution in [2.75, 3.05) is 0 Å². The molecule has 10 aromatic rings. The van der Waals surface area contributed by atoms with Crippen LogP contribution in [0.3, 0.4) is 0 Å². The van der Waals surface area contributed by atoms with Crippen LogP contribution >= 0.6 is 11.3 Å². The van der Waals surface area contributed by atoms with Crippen molar-refractivity contribution in [2.24, 2.45) is 0 Å². The van der Waals surface area contributed by atoms with Crippen LogP contribution in [0.1, 0.15) is 0 Å². The second kappa shape index (κ2) is 10.7. The van der Waals surface area contributed by atoms with Gasteiger partial charge in [0.05, 0.1) is 0 Å². The molecule has 4 nitrogen and oxygen atoms in total. The zero-order valence-corrected chi connectivity index (χ0v) is 26.4. The van der Waals surface area contributed by atoms with Crippen molar-refractivity contribution >= 4 is 64.2 Å². The van der Waals surface area contributed by atoms with Gasteiger partial charge in [-0.3, -0.25) is 0 Å². The summed E-state index contributed by atoms with van der Waals surface area (Å²) in [5, 5.41) is 7.13. The van der Waals surface area contributed by atoms with Crippen LogP contribution in [0, 0.1) is 0 Å². The third kappa shape index (κ3) is 4.33. The van der Waals surface area contributed by atoms with Gasteiger partial charge in [-0.15, -0.1) is 11.3 Å². The van der Waals surface area contributed by atoms with Crippen molar-refractivity contribution in [1.29, 1.82) is 0 Å². The van der Waals surface area contributed by atoms with Gasteiger partial charge >= 0.3 is 0 Å². The van der Waals surface area contributed by atoms with Gasteiger partial charge in [0.15, 0.2) is 17.5 Å². The maximum atomic E-state index is 6.56. The summed E-state index contributed by atoms with van der Waals surface area (Å²) >= 11 is 1.85. The Hall–Kier alpha value is -6.17. The second-order valence-electron chi connectivity index (χ2n) is 12.0. The van der Waals surface area contributed by atoms with Crippen molar-refractivity contribution in [3.05, 3.63) is 152 Å². The number of hydrogen-bond acceptors (Lipinski definition) is 5. The SMILES string of the molecule is c1ccc(-c2nc(-c3ccccc3)nc(-c3cccc4oc5cc(-c6cccc7c6sc6cc8ccccc8cc67)ccc5c34)n2)cc1. The van der Waals surface area contributed by atoms with Gasteiger partial charge in [-0.05, 0) is 52.2 Å². The predicted molar refractivity (Wildman–Crippen MR) is 199 cm³/mol. The van der Waals surface area contributed by atoms with Gasteiger partial charge in [-0.25, -0.2) is 15.0 Å². The minimum Gasteiger partial charge on any atom is -0.456 e. The van der Waals surface area contributed by atoms with Gasteiger partial charge in [0.2, 0.25) is 0 Å². The molecule has 0 aliphatic heterocycles. The second-order valence-corrected chi connectivity index (χ2v) is 13.1. The number of aromatic nitrogens is 3. The van der Waals surface area contributed by atoms with Gasteiger partial charge in [0.25, 0.3) is 0 Å². The van der Waals surface area contributed by atoms with E-state index in [1.165, 1.54) is 36.5 Å². The quantitative estimate of drug-likeness (QED) is 0.194. The molecule has 10 rings (SSSR count). The highest BCUT2D eigenvalue weighted by molar-refractivity contribution is 7.26. The lowest BCUT2D eigenvalue weighted by molar-refractivity contribution is 0.669. The third-order valence-electron chi connectivity index (χ3n) is 9.11. The summed E-state index contributed by atoms with van der Waals surface area (Å²) in [6, 6.07) is 52.6. The van der Waals surface area contributed by atoms with Crippen LogP contribution < -0.4 is 0 Å². The largest absolute Gasteiger partial charge is 0.456 e. The topological polar surface area (TPSA) is 51.8 Å². The Bertz CT molecular complexity index is 2780. The fourth-order valence-corrected chi connectivity index (χ4v) is 8.09. The molecular formula is C43H25N3OS. The van der Waals surface area contributed by atoms with Crippen LogP contribution in [-0.2, 0) is 0 Å². The van der Waals surface area contributed by atoms with E-state index < -0.39 is 0 Å². The molecule has 48 heavy (non-hydrogen) atoms. The summed E-state index contributed by atoms with van der Waals surface area (Å²) in [5.74, 6) is 1.88. The van der Waals surface area contributed by atoms with Gasteiger partial charge in [-0.1, -0.05) is 121 Å². The highest BCUT2D eigenvalue weighted by Crippen LogP contribution is 2.43. The summed E-state index contributed by atoms with van der Waals surface area (Å²) in [6.07, 6.45) is 0. The predicted octanol–water partition coefficient (Wildman–Crippen LogP) is 12.0. The Kier molecular flexibility index (Phi) is 6.01. The van der Waals surface area contributed by atoms with E-state index in [-0.39, 0.29) is 0 Å². The fraction of sp³-hybridized carbons (Fsp3) is 0. The van der Waals surface area contributed by atoms with Gasteiger partial charge in [0, 0.05) is 47.6 Å². The van der Waals surface area contributed by atoms with E-state index in [1.807, 2.05) is 84.1 Å². The number of hydrogen-bond donors (Lipinski definition) is 0. The molecule has 0 spiro atoms. The van der Waals surface area contributed by atoms with Crippen molar-refractivity contribution in [3.8, 4) is 45.3 Å². The Morgan fingerprint density at radius 3 is 1.81 bits per heavy atom. The molecule has 0 bridgehead atoms. The first-order valence-electron chi connectivity index (χ1n) is 15.9. The third-order valence-corrected chi connectivity index (χ3v) is 10.3. The molecule has 0 aliphatic rings. The van der Waals surface area contributed by atoms with Gasteiger partial charge < -0.3 is 4.42 Å². The van der Waals surface area contributed by atoms with E-state index in [1.54, 1.807) is 0 Å². The summed E-state index contributed by atoms with van der Waals surface area (Å²) in [7, 11) is 0. The molecule has 0 N–H and O–H groups in total. The molecule has 0 saturated heterocycles. The van der Waals surface area contributed by atoms with Crippen LogP contribution in [-0.4, -0.2) is 15.0 Å². The average Bonchev–Trinajstić information content (AvgIpc) is 3.72. The fourth-order valence-electron chi connectivity index (χ4n) is 6.82. The first-order chi connectivity index (χ1) is 23.8. The molecule has 0 atom stereocenters. The van der Waals surface area contributed by atoms with Crippen molar-refractivity contribution in [3.63, 3.8) is 0 Å². The molecule has 0 saturated carbocycles. The Morgan fingerprint density at radius 2 is 1.06 bits per heavy atom. The van der Waals surface area contributed by atoms with E-state index in [4.69, 9.17) is 19.4 Å². The number of fused-ring (bicyclic) bond motifs is 7. The van der Waals surface area contributed by atoms with E-state index in [0.717, 1.165) is 44.2 Å². The van der Waals surface area contributed by atoms with Crippen LogP contribution in [0.5, 0.6) is 0 Å². The molecule has 3 heterocycles. The smallest absolute Gasteiger partial charge is 0.164 e. The normalized spacial score (nSPS) is 11.8. The summed E-state index contributed by atoms with van der Waals surface area (Å²) in [6.45, 7) is 0. The molecule has 3 aromatic heterocycles. The number of benzene rings is 7. The summed E-state index contributed by atoms with van der Waals surface area (Å²) < 4.78 is 9.14. The molecule has 0 fully saturated rings. The zero-order chi connectivity index (χ0) is 31.6. The van der Waals surface area contributed by atoms with Crippen molar-refractivity contribution < 1.29 is 4.42 Å². The molecule has 5 heteroatoms. The standard InChI is InChI=1S/C43H25N3OS/c1-3-11-26(12-4-1)41-44-42(27-13-5-2-6-14-27)46-43(45-41)34-19-10-20-36-39(34)33-22-21-30(24-37(33)47-36)31-17-9-18-32-35-23-28-15-7-8-16-29(28)25-38(35)48-40(31)32/h1-25H. The molecule has 224 valence electrons. The van der Waals surface area contributed by atoms with E-state index in [0.29, 0.717) is 17.5 Å². The number of furan rings is 1. The molecule has 0 radical (unpaired) electrons. The first kappa shape index (κ1) is 27.0. The first-order valence-corrected chi connectivity index (χ1v) is 16.8. The molecule has 0 unspecified atom stereocenters. The van der Waals surface area contributed by atoms with Crippen molar-refractivity contribution in [2.45, 2.75) is 0 Å². The van der Waals surface area contributed by atoms with Gasteiger partial charge in [-0.2, -0.15) is 0 Å². The lowest BCUT2D eigenvalue weighted by atomic mass is 9.99. The number of rotatable bonds is 4. The number of nitrogens with zero attached hydrogens (tertiary/aromatic N) is 3. The van der Waals surface area contributed by atoms with E-state index >= 15 is 0 Å². The molecular weight excluding hydrogens is 607 g/mol. The maximum absolute atomic E-state index is 6.56. The van der Waals surface area contributed by atoms with Crippen LogP contribution in [0.2, 0.25) is 0 Å². The van der Waals surface area contributed by atoms with Crippen molar-refractivity contribution in [1.82, 2.24) is 15.0 Å². The highest BCUT2D eigenvalue weighted by atomic mass is 32.1.